The Labute approximate surface area is 224 Å². The molecule has 4 fully saturated rings. The third kappa shape index (κ3) is 4.98. The lowest BCUT2D eigenvalue weighted by molar-refractivity contribution is -0.185. The van der Waals surface area contributed by atoms with Gasteiger partial charge in [0.1, 0.15) is 17.6 Å². The Morgan fingerprint density at radius 2 is 1.97 bits per heavy atom. The van der Waals surface area contributed by atoms with E-state index in [-0.39, 0.29) is 41.1 Å². The van der Waals surface area contributed by atoms with E-state index in [2.05, 4.69) is 60.2 Å². The van der Waals surface area contributed by atoms with E-state index in [1.807, 2.05) is 17.8 Å². The summed E-state index contributed by atoms with van der Waals surface area (Å²) >= 11 is 0. The Bertz CT molecular complexity index is 1170. The SMILES string of the molecule is CC(C)C[C@H](NC(=O)[C@H](Cc1nccn1C)NC(=O)c1cnccn1)B1O[C@@H]2[C@H]3CC(C[C@]2(C)O1)C3(C)C. The van der Waals surface area contributed by atoms with Gasteiger partial charge in [0.05, 0.1) is 23.8 Å². The zero-order valence-corrected chi connectivity index (χ0v) is 23.2. The molecule has 4 aliphatic rings. The fourth-order valence-corrected chi connectivity index (χ4v) is 6.58. The number of hydrogen-bond donors (Lipinski definition) is 2. The highest BCUT2D eigenvalue weighted by molar-refractivity contribution is 6.48. The summed E-state index contributed by atoms with van der Waals surface area (Å²) in [6.07, 6.45) is 10.9. The van der Waals surface area contributed by atoms with Crippen LogP contribution in [0.2, 0.25) is 0 Å². The van der Waals surface area contributed by atoms with Gasteiger partial charge in [0, 0.05) is 38.3 Å². The fraction of sp³-hybridized carbons (Fsp3) is 0.667. The van der Waals surface area contributed by atoms with Crippen molar-refractivity contribution in [3.05, 3.63) is 42.5 Å². The van der Waals surface area contributed by atoms with Gasteiger partial charge in [-0.05, 0) is 49.4 Å². The lowest BCUT2D eigenvalue weighted by atomic mass is 9.45. The van der Waals surface area contributed by atoms with E-state index in [4.69, 9.17) is 9.31 Å². The lowest BCUT2D eigenvalue weighted by Gasteiger charge is -2.63. The maximum absolute atomic E-state index is 13.8. The summed E-state index contributed by atoms with van der Waals surface area (Å²) in [6, 6.07) is -0.869. The summed E-state index contributed by atoms with van der Waals surface area (Å²) in [5.74, 6) is 0.924. The summed E-state index contributed by atoms with van der Waals surface area (Å²) in [7, 11) is 1.31. The molecule has 3 heterocycles. The molecular formula is C27H39BN6O4. The minimum Gasteiger partial charge on any atom is -0.404 e. The molecular weight excluding hydrogens is 483 g/mol. The first kappa shape index (κ1) is 26.8. The number of aryl methyl sites for hydroxylation is 1. The van der Waals surface area contributed by atoms with E-state index in [0.717, 1.165) is 6.42 Å². The van der Waals surface area contributed by atoms with Crippen LogP contribution in [0.4, 0.5) is 0 Å². The van der Waals surface area contributed by atoms with Crippen LogP contribution in [0.5, 0.6) is 0 Å². The molecule has 2 bridgehead atoms. The molecule has 2 N–H and O–H groups in total. The van der Waals surface area contributed by atoms with Crippen LogP contribution >= 0.6 is 0 Å². The molecule has 1 saturated heterocycles. The molecule has 38 heavy (non-hydrogen) atoms. The average Bonchev–Trinajstić information content (AvgIpc) is 3.45. The molecule has 6 atom stereocenters. The molecule has 1 unspecified atom stereocenters. The average molecular weight is 522 g/mol. The van der Waals surface area contributed by atoms with E-state index in [1.165, 1.54) is 25.0 Å². The van der Waals surface area contributed by atoms with Crippen LogP contribution in [0.25, 0.3) is 0 Å². The molecule has 6 rings (SSSR count). The van der Waals surface area contributed by atoms with Gasteiger partial charge in [0.2, 0.25) is 5.91 Å². The predicted octanol–water partition coefficient (Wildman–Crippen LogP) is 2.35. The van der Waals surface area contributed by atoms with Gasteiger partial charge in [0.15, 0.2) is 0 Å². The summed E-state index contributed by atoms with van der Waals surface area (Å²) in [5.41, 5.74) is 0.0435. The first-order chi connectivity index (χ1) is 18.0. The second kappa shape index (κ2) is 10.1. The number of rotatable bonds is 9. The number of imidazole rings is 1. The maximum Gasteiger partial charge on any atom is 0.481 e. The first-order valence-electron chi connectivity index (χ1n) is 13.6. The van der Waals surface area contributed by atoms with Crippen molar-refractivity contribution in [3.63, 3.8) is 0 Å². The van der Waals surface area contributed by atoms with Crippen LogP contribution < -0.4 is 10.6 Å². The maximum atomic E-state index is 13.8. The number of amides is 2. The molecule has 1 aliphatic heterocycles. The molecule has 0 aromatic carbocycles. The Kier molecular flexibility index (Phi) is 7.11. The Balaban J connectivity index is 1.34. The highest BCUT2D eigenvalue weighted by Crippen LogP contribution is 2.64. The number of carbonyl (C=O) groups is 2. The molecule has 0 radical (unpaired) electrons. The zero-order valence-electron chi connectivity index (χ0n) is 23.2. The van der Waals surface area contributed by atoms with Crippen LogP contribution in [-0.2, 0) is 27.6 Å². The van der Waals surface area contributed by atoms with Crippen LogP contribution in [0, 0.1) is 23.2 Å². The minimum atomic E-state index is -0.869. The predicted molar refractivity (Wildman–Crippen MR) is 142 cm³/mol. The molecule has 0 spiro atoms. The van der Waals surface area contributed by atoms with E-state index < -0.39 is 19.1 Å². The molecule has 3 saturated carbocycles. The van der Waals surface area contributed by atoms with Crippen LogP contribution in [0.1, 0.15) is 70.2 Å². The molecule has 2 amide bonds. The van der Waals surface area contributed by atoms with Crippen molar-refractivity contribution in [1.29, 1.82) is 0 Å². The summed E-state index contributed by atoms with van der Waals surface area (Å²) < 4.78 is 15.1. The van der Waals surface area contributed by atoms with Crippen molar-refractivity contribution in [2.24, 2.45) is 30.2 Å². The quantitative estimate of drug-likeness (QED) is 0.485. The van der Waals surface area contributed by atoms with Crippen molar-refractivity contribution in [3.8, 4) is 0 Å². The number of nitrogens with one attached hydrogen (secondary N) is 2. The largest absolute Gasteiger partial charge is 0.481 e. The van der Waals surface area contributed by atoms with E-state index in [1.54, 1.807) is 6.20 Å². The fourth-order valence-electron chi connectivity index (χ4n) is 6.58. The molecule has 2 aromatic heterocycles. The van der Waals surface area contributed by atoms with Crippen molar-refractivity contribution >= 4 is 18.9 Å². The third-order valence-corrected chi connectivity index (χ3v) is 8.94. The van der Waals surface area contributed by atoms with Crippen LogP contribution in [0.3, 0.4) is 0 Å². The van der Waals surface area contributed by atoms with Crippen molar-refractivity contribution in [1.82, 2.24) is 30.2 Å². The highest BCUT2D eigenvalue weighted by atomic mass is 16.7. The van der Waals surface area contributed by atoms with E-state index >= 15 is 0 Å². The van der Waals surface area contributed by atoms with Gasteiger partial charge in [0.25, 0.3) is 5.91 Å². The van der Waals surface area contributed by atoms with E-state index in [0.29, 0.717) is 30.0 Å². The first-order valence-corrected chi connectivity index (χ1v) is 13.6. The second-order valence-electron chi connectivity index (χ2n) is 12.4. The standard InChI is InChI=1S/C27H39BN6O4/c1-16(2)11-21(28-37-23-18-12-17(26(18,3)4)14-27(23,5)38-28)33-24(35)19(13-22-31-9-10-34(22)6)32-25(36)20-15-29-7-8-30-20/h7-10,15-19,21,23H,11-14H2,1-6H3,(H,32,36)(H,33,35)/t17?,18-,19+,21+,23-,27+/m1/s1. The molecule has 3 aliphatic carbocycles. The van der Waals surface area contributed by atoms with Crippen molar-refractivity contribution < 1.29 is 18.9 Å². The Hall–Kier alpha value is -2.79. The third-order valence-electron chi connectivity index (χ3n) is 8.94. The number of nitrogens with zero attached hydrogens (tertiary/aromatic N) is 4. The topological polar surface area (TPSA) is 120 Å². The van der Waals surface area contributed by atoms with Crippen molar-refractivity contribution in [2.75, 3.05) is 0 Å². The summed E-state index contributed by atoms with van der Waals surface area (Å²) in [5, 5.41) is 6.02. The monoisotopic (exact) mass is 522 g/mol. The normalized spacial score (nSPS) is 28.8. The van der Waals surface area contributed by atoms with Crippen LogP contribution in [-0.4, -0.2) is 62.1 Å². The Morgan fingerprint density at radius 1 is 1.18 bits per heavy atom. The van der Waals surface area contributed by atoms with E-state index in [9.17, 15) is 9.59 Å². The summed E-state index contributed by atoms with van der Waals surface area (Å²) in [6.45, 7) is 11.1. The number of carbonyl (C=O) groups excluding carboxylic acids is 2. The second-order valence-corrected chi connectivity index (χ2v) is 12.4. The number of aromatic nitrogens is 4. The van der Waals surface area contributed by atoms with Crippen molar-refractivity contribution in [2.45, 2.75) is 84.0 Å². The highest BCUT2D eigenvalue weighted by Gasteiger charge is 2.67. The minimum absolute atomic E-state index is 0.0128. The molecule has 10 nitrogen and oxygen atoms in total. The van der Waals surface area contributed by atoms with Gasteiger partial charge in [-0.2, -0.15) is 0 Å². The number of hydrogen-bond acceptors (Lipinski definition) is 7. The molecule has 204 valence electrons. The lowest BCUT2D eigenvalue weighted by Crippen LogP contribution is -2.63. The van der Waals surface area contributed by atoms with Gasteiger partial charge < -0.3 is 24.5 Å². The van der Waals surface area contributed by atoms with Gasteiger partial charge in [-0.25, -0.2) is 9.97 Å². The smallest absolute Gasteiger partial charge is 0.404 e. The van der Waals surface area contributed by atoms with Crippen LogP contribution in [0.15, 0.2) is 31.0 Å². The molecule has 11 heteroatoms. The summed E-state index contributed by atoms with van der Waals surface area (Å²) in [4.78, 5) is 39.1. The Morgan fingerprint density at radius 3 is 2.61 bits per heavy atom. The zero-order chi connectivity index (χ0) is 27.2. The van der Waals surface area contributed by atoms with Gasteiger partial charge in [-0.3, -0.25) is 14.6 Å². The molecule has 2 aromatic rings. The van der Waals surface area contributed by atoms with Gasteiger partial charge >= 0.3 is 7.12 Å². The van der Waals surface area contributed by atoms with Gasteiger partial charge in [-0.15, -0.1) is 0 Å². The van der Waals surface area contributed by atoms with Gasteiger partial charge in [-0.1, -0.05) is 27.7 Å².